The summed E-state index contributed by atoms with van der Waals surface area (Å²) >= 11 is 0. The van der Waals surface area contributed by atoms with Crippen LogP contribution in [0.3, 0.4) is 0 Å². The van der Waals surface area contributed by atoms with Gasteiger partial charge in [-0.15, -0.1) is 0 Å². The molecule has 2 aromatic rings. The highest BCUT2D eigenvalue weighted by Gasteiger charge is 2.13. The summed E-state index contributed by atoms with van der Waals surface area (Å²) in [6.45, 7) is 4.76. The number of anilines is 3. The summed E-state index contributed by atoms with van der Waals surface area (Å²) in [5.74, 6) is 0.0221. The van der Waals surface area contributed by atoms with Gasteiger partial charge in [0.1, 0.15) is 0 Å². The molecule has 5 heteroatoms. The van der Waals surface area contributed by atoms with Gasteiger partial charge in [-0.1, -0.05) is 25.1 Å². The van der Waals surface area contributed by atoms with Crippen LogP contribution in [-0.4, -0.2) is 24.9 Å². The van der Waals surface area contributed by atoms with Crippen LogP contribution in [0.25, 0.3) is 0 Å². The molecule has 0 fully saturated rings. The fourth-order valence-electron chi connectivity index (χ4n) is 2.51. The summed E-state index contributed by atoms with van der Waals surface area (Å²) in [6.07, 6.45) is 1.34. The molecule has 5 nitrogen and oxygen atoms in total. The van der Waals surface area contributed by atoms with Crippen LogP contribution < -0.4 is 15.5 Å². The first-order valence-corrected chi connectivity index (χ1v) is 8.63. The van der Waals surface area contributed by atoms with E-state index in [-0.39, 0.29) is 18.4 Å². The average molecular weight is 339 g/mol. The van der Waals surface area contributed by atoms with E-state index in [9.17, 15) is 9.59 Å². The molecule has 2 aromatic carbocycles. The molecule has 0 aliphatic rings. The van der Waals surface area contributed by atoms with Crippen LogP contribution in [0.5, 0.6) is 0 Å². The van der Waals surface area contributed by atoms with Crippen LogP contribution in [0.1, 0.15) is 26.7 Å². The summed E-state index contributed by atoms with van der Waals surface area (Å²) in [5.41, 5.74) is 2.49. The number of amides is 2. The van der Waals surface area contributed by atoms with Crippen LogP contribution in [0.4, 0.5) is 17.1 Å². The van der Waals surface area contributed by atoms with Gasteiger partial charge in [0.25, 0.3) is 0 Å². The molecule has 0 saturated carbocycles. The van der Waals surface area contributed by atoms with E-state index in [1.54, 1.807) is 4.90 Å². The van der Waals surface area contributed by atoms with Crippen LogP contribution in [0, 0.1) is 0 Å². The van der Waals surface area contributed by atoms with Gasteiger partial charge in [-0.3, -0.25) is 9.59 Å². The van der Waals surface area contributed by atoms with Crippen molar-refractivity contribution in [2.45, 2.75) is 26.7 Å². The molecular formula is C20H25N3O2. The highest BCUT2D eigenvalue weighted by atomic mass is 16.2. The summed E-state index contributed by atoms with van der Waals surface area (Å²) in [4.78, 5) is 25.8. The Kier molecular flexibility index (Phi) is 7.01. The second-order valence-corrected chi connectivity index (χ2v) is 5.70. The van der Waals surface area contributed by atoms with Crippen molar-refractivity contribution in [3.05, 3.63) is 54.6 Å². The molecule has 0 aliphatic carbocycles. The number of hydrogen-bond donors (Lipinski definition) is 2. The molecule has 0 spiro atoms. The summed E-state index contributed by atoms with van der Waals surface area (Å²) in [5, 5.41) is 5.97. The summed E-state index contributed by atoms with van der Waals surface area (Å²) < 4.78 is 0. The van der Waals surface area contributed by atoms with E-state index in [1.807, 2.05) is 68.4 Å². The third-order valence-corrected chi connectivity index (χ3v) is 3.77. The van der Waals surface area contributed by atoms with Crippen molar-refractivity contribution in [2.75, 3.05) is 28.6 Å². The first-order valence-electron chi connectivity index (χ1n) is 8.63. The Morgan fingerprint density at radius 1 is 0.920 bits per heavy atom. The predicted molar refractivity (Wildman–Crippen MR) is 103 cm³/mol. The number of likely N-dealkylation sites (N-methyl/N-ethyl adjacent to an activating group) is 1. The SMILES string of the molecule is CCCC(=O)Nc1ccc(NCC(=O)N(CC)c2ccccc2)cc1. The highest BCUT2D eigenvalue weighted by Crippen LogP contribution is 2.16. The minimum atomic E-state index is 0.00836. The Labute approximate surface area is 149 Å². The molecule has 132 valence electrons. The maximum Gasteiger partial charge on any atom is 0.246 e. The number of hydrogen-bond acceptors (Lipinski definition) is 3. The van der Waals surface area contributed by atoms with Gasteiger partial charge in [0.05, 0.1) is 6.54 Å². The zero-order valence-corrected chi connectivity index (χ0v) is 14.8. The van der Waals surface area contributed by atoms with Crippen LogP contribution in [0.2, 0.25) is 0 Å². The van der Waals surface area contributed by atoms with Crippen molar-refractivity contribution < 1.29 is 9.59 Å². The second-order valence-electron chi connectivity index (χ2n) is 5.70. The lowest BCUT2D eigenvalue weighted by molar-refractivity contribution is -0.117. The molecule has 0 saturated heterocycles. The van der Waals surface area contributed by atoms with E-state index in [2.05, 4.69) is 10.6 Å². The number of carbonyl (C=O) groups is 2. The Morgan fingerprint density at radius 2 is 1.56 bits per heavy atom. The van der Waals surface area contributed by atoms with Gasteiger partial charge in [-0.05, 0) is 49.7 Å². The normalized spacial score (nSPS) is 10.2. The van der Waals surface area contributed by atoms with Crippen molar-refractivity contribution in [2.24, 2.45) is 0 Å². The number of para-hydroxylation sites is 1. The highest BCUT2D eigenvalue weighted by molar-refractivity contribution is 5.96. The Balaban J connectivity index is 1.90. The lowest BCUT2D eigenvalue weighted by Gasteiger charge is -2.21. The third kappa shape index (κ3) is 5.64. The molecule has 2 N–H and O–H groups in total. The minimum absolute atomic E-state index is 0.00836. The molecule has 25 heavy (non-hydrogen) atoms. The van der Waals surface area contributed by atoms with E-state index < -0.39 is 0 Å². The van der Waals surface area contributed by atoms with Crippen LogP contribution in [-0.2, 0) is 9.59 Å². The fourth-order valence-corrected chi connectivity index (χ4v) is 2.51. The van der Waals surface area contributed by atoms with Gasteiger partial charge >= 0.3 is 0 Å². The second kappa shape index (κ2) is 9.47. The van der Waals surface area contributed by atoms with Crippen LogP contribution in [0.15, 0.2) is 54.6 Å². The number of nitrogens with zero attached hydrogens (tertiary/aromatic N) is 1. The molecule has 2 rings (SSSR count). The number of carbonyl (C=O) groups excluding carboxylic acids is 2. The van der Waals surface area contributed by atoms with E-state index in [0.717, 1.165) is 23.5 Å². The average Bonchev–Trinajstić information content (AvgIpc) is 2.63. The molecule has 0 aliphatic heterocycles. The van der Waals surface area contributed by atoms with E-state index >= 15 is 0 Å². The molecule has 0 heterocycles. The quantitative estimate of drug-likeness (QED) is 0.767. The maximum absolute atomic E-state index is 12.4. The minimum Gasteiger partial charge on any atom is -0.376 e. The van der Waals surface area contributed by atoms with Crippen molar-refractivity contribution in [1.82, 2.24) is 0 Å². The van der Waals surface area contributed by atoms with Gasteiger partial charge in [-0.25, -0.2) is 0 Å². The molecule has 0 radical (unpaired) electrons. The van der Waals surface area contributed by atoms with Crippen molar-refractivity contribution in [1.29, 1.82) is 0 Å². The van der Waals surface area contributed by atoms with E-state index in [0.29, 0.717) is 13.0 Å². The Bertz CT molecular complexity index is 684. The number of nitrogens with one attached hydrogen (secondary N) is 2. The van der Waals surface area contributed by atoms with E-state index in [1.165, 1.54) is 0 Å². The van der Waals surface area contributed by atoms with Gasteiger partial charge in [0, 0.05) is 30.0 Å². The lowest BCUT2D eigenvalue weighted by atomic mass is 10.2. The molecule has 0 aromatic heterocycles. The topological polar surface area (TPSA) is 61.4 Å². The van der Waals surface area contributed by atoms with Gasteiger partial charge in [-0.2, -0.15) is 0 Å². The Hall–Kier alpha value is -2.82. The Morgan fingerprint density at radius 3 is 2.16 bits per heavy atom. The van der Waals surface area contributed by atoms with Crippen molar-refractivity contribution in [3.63, 3.8) is 0 Å². The van der Waals surface area contributed by atoms with Gasteiger partial charge < -0.3 is 15.5 Å². The zero-order valence-electron chi connectivity index (χ0n) is 14.8. The number of rotatable bonds is 8. The third-order valence-electron chi connectivity index (χ3n) is 3.77. The molecular weight excluding hydrogens is 314 g/mol. The first kappa shape index (κ1) is 18.5. The molecule has 0 unspecified atom stereocenters. The maximum atomic E-state index is 12.4. The van der Waals surface area contributed by atoms with Crippen LogP contribution >= 0.6 is 0 Å². The molecule has 0 bridgehead atoms. The van der Waals surface area contributed by atoms with E-state index in [4.69, 9.17) is 0 Å². The van der Waals surface area contributed by atoms with Gasteiger partial charge in [0.2, 0.25) is 11.8 Å². The first-order chi connectivity index (χ1) is 12.1. The number of benzene rings is 2. The summed E-state index contributed by atoms with van der Waals surface area (Å²) in [6, 6.07) is 17.0. The van der Waals surface area contributed by atoms with Crippen molar-refractivity contribution in [3.8, 4) is 0 Å². The standard InChI is InChI=1S/C20H25N3O2/c1-3-8-19(24)22-17-13-11-16(12-14-17)21-15-20(25)23(4-2)18-9-6-5-7-10-18/h5-7,9-14,21H,3-4,8,15H2,1-2H3,(H,22,24). The lowest BCUT2D eigenvalue weighted by Crippen LogP contribution is -2.35. The molecule has 2 amide bonds. The summed E-state index contributed by atoms with van der Waals surface area (Å²) in [7, 11) is 0. The predicted octanol–water partition coefficient (Wildman–Crippen LogP) is 3.89. The van der Waals surface area contributed by atoms with Crippen molar-refractivity contribution >= 4 is 28.9 Å². The smallest absolute Gasteiger partial charge is 0.246 e. The largest absolute Gasteiger partial charge is 0.376 e. The molecule has 0 atom stereocenters. The fraction of sp³-hybridized carbons (Fsp3) is 0.300. The zero-order chi connectivity index (χ0) is 18.1. The van der Waals surface area contributed by atoms with Gasteiger partial charge in [0.15, 0.2) is 0 Å². The monoisotopic (exact) mass is 339 g/mol.